The molecule has 1 unspecified atom stereocenters. The normalized spacial score (nSPS) is 18.0. The summed E-state index contributed by atoms with van der Waals surface area (Å²) in [4.78, 5) is 2.36. The van der Waals surface area contributed by atoms with E-state index in [1.807, 2.05) is 6.26 Å². The van der Waals surface area contributed by atoms with Crippen molar-refractivity contribution in [2.24, 2.45) is 5.41 Å². The van der Waals surface area contributed by atoms with E-state index in [4.69, 9.17) is 4.42 Å². The molecule has 0 amide bonds. The molecule has 0 radical (unpaired) electrons. The van der Waals surface area contributed by atoms with Gasteiger partial charge in [-0.2, -0.15) is 0 Å². The molecule has 1 aliphatic carbocycles. The highest BCUT2D eigenvalue weighted by molar-refractivity contribution is 5.13. The van der Waals surface area contributed by atoms with Gasteiger partial charge in [0, 0.05) is 24.2 Å². The molecular weight excluding hydrogens is 236 g/mol. The smallest absolute Gasteiger partial charge is 0.118 e. The van der Waals surface area contributed by atoms with Gasteiger partial charge >= 0.3 is 0 Å². The molecule has 1 fully saturated rings. The molecule has 1 N–H and O–H groups in total. The number of hydrogen-bond donors (Lipinski definition) is 1. The van der Waals surface area contributed by atoms with E-state index >= 15 is 0 Å². The highest BCUT2D eigenvalue weighted by Crippen LogP contribution is 2.24. The zero-order valence-corrected chi connectivity index (χ0v) is 13.0. The van der Waals surface area contributed by atoms with Crippen molar-refractivity contribution in [2.75, 3.05) is 7.05 Å². The highest BCUT2D eigenvalue weighted by atomic mass is 16.3. The first-order chi connectivity index (χ1) is 8.86. The summed E-state index contributed by atoms with van der Waals surface area (Å²) >= 11 is 0. The molecule has 0 aliphatic heterocycles. The van der Waals surface area contributed by atoms with E-state index in [0.29, 0.717) is 6.04 Å². The summed E-state index contributed by atoms with van der Waals surface area (Å²) in [5.41, 5.74) is 1.55. The van der Waals surface area contributed by atoms with Crippen LogP contribution in [0.4, 0.5) is 0 Å². The van der Waals surface area contributed by atoms with Gasteiger partial charge in [-0.15, -0.1) is 0 Å². The first-order valence-electron chi connectivity index (χ1n) is 7.36. The second-order valence-corrected chi connectivity index (χ2v) is 7.03. The van der Waals surface area contributed by atoms with Crippen LogP contribution in [0.25, 0.3) is 0 Å². The Kier molecular flexibility index (Phi) is 4.36. The average molecular weight is 264 g/mol. The molecule has 3 nitrogen and oxygen atoms in total. The minimum atomic E-state index is 0.289. The lowest BCUT2D eigenvalue weighted by Gasteiger charge is -2.34. The van der Waals surface area contributed by atoms with Crippen LogP contribution < -0.4 is 5.32 Å². The van der Waals surface area contributed by atoms with Crippen molar-refractivity contribution in [1.82, 2.24) is 10.2 Å². The van der Waals surface area contributed by atoms with E-state index < -0.39 is 0 Å². The van der Waals surface area contributed by atoms with Crippen LogP contribution in [0.5, 0.6) is 0 Å². The van der Waals surface area contributed by atoms with Gasteiger partial charge in [0.05, 0.1) is 12.8 Å². The summed E-state index contributed by atoms with van der Waals surface area (Å²) in [7, 11) is 2.17. The fraction of sp³-hybridized carbons (Fsp3) is 0.750. The quantitative estimate of drug-likeness (QED) is 0.853. The Morgan fingerprint density at radius 1 is 1.42 bits per heavy atom. The Morgan fingerprint density at radius 3 is 2.68 bits per heavy atom. The van der Waals surface area contributed by atoms with Crippen molar-refractivity contribution >= 4 is 0 Å². The summed E-state index contributed by atoms with van der Waals surface area (Å²) in [6, 6.07) is 3.45. The predicted molar refractivity (Wildman–Crippen MR) is 79.0 cm³/mol. The molecule has 3 heteroatoms. The van der Waals surface area contributed by atoms with E-state index in [2.05, 4.69) is 51.0 Å². The fourth-order valence-electron chi connectivity index (χ4n) is 2.20. The average Bonchev–Trinajstić information content (AvgIpc) is 3.05. The topological polar surface area (TPSA) is 28.4 Å². The maximum Gasteiger partial charge on any atom is 0.118 e. The van der Waals surface area contributed by atoms with E-state index in [9.17, 15) is 0 Å². The van der Waals surface area contributed by atoms with Crippen molar-refractivity contribution in [3.8, 4) is 0 Å². The monoisotopic (exact) mass is 264 g/mol. The van der Waals surface area contributed by atoms with Gasteiger partial charge in [0.25, 0.3) is 0 Å². The Morgan fingerprint density at radius 2 is 2.11 bits per heavy atom. The lowest BCUT2D eigenvalue weighted by molar-refractivity contribution is 0.127. The molecule has 2 rings (SSSR count). The second kappa shape index (κ2) is 5.68. The molecule has 1 aromatic heterocycles. The van der Waals surface area contributed by atoms with Gasteiger partial charge in [-0.25, -0.2) is 0 Å². The van der Waals surface area contributed by atoms with Crippen molar-refractivity contribution in [2.45, 2.75) is 65.7 Å². The molecule has 0 spiro atoms. The standard InChI is InChI=1S/C16H28N2O/c1-12(16(2,3)4)18(5)10-15-8-13(11-19-15)9-17-14-6-7-14/h8,11-12,14,17H,6-7,9-10H2,1-5H3. The molecule has 108 valence electrons. The zero-order chi connectivity index (χ0) is 14.0. The van der Waals surface area contributed by atoms with Gasteiger partial charge in [0.2, 0.25) is 0 Å². The summed E-state index contributed by atoms with van der Waals surface area (Å²) in [5.74, 6) is 1.06. The van der Waals surface area contributed by atoms with Crippen molar-refractivity contribution in [3.63, 3.8) is 0 Å². The summed E-state index contributed by atoms with van der Waals surface area (Å²) in [5, 5.41) is 3.51. The summed E-state index contributed by atoms with van der Waals surface area (Å²) in [6.45, 7) is 10.9. The maximum atomic E-state index is 5.67. The molecule has 1 aromatic rings. The second-order valence-electron chi connectivity index (χ2n) is 7.03. The van der Waals surface area contributed by atoms with Gasteiger partial charge in [-0.05, 0) is 38.3 Å². The van der Waals surface area contributed by atoms with Crippen LogP contribution >= 0.6 is 0 Å². The molecule has 0 bridgehead atoms. The first-order valence-corrected chi connectivity index (χ1v) is 7.36. The molecule has 1 heterocycles. The fourth-order valence-corrected chi connectivity index (χ4v) is 2.20. The van der Waals surface area contributed by atoms with E-state index in [1.165, 1.54) is 18.4 Å². The lowest BCUT2D eigenvalue weighted by atomic mass is 9.87. The molecule has 0 aromatic carbocycles. The Hall–Kier alpha value is -0.800. The molecule has 19 heavy (non-hydrogen) atoms. The number of rotatable bonds is 6. The summed E-state index contributed by atoms with van der Waals surface area (Å²) < 4.78 is 5.67. The number of furan rings is 1. The number of hydrogen-bond acceptors (Lipinski definition) is 3. The predicted octanol–water partition coefficient (Wildman–Crippen LogP) is 3.40. The molecule has 0 saturated heterocycles. The molecular formula is C16H28N2O. The Labute approximate surface area is 117 Å². The van der Waals surface area contributed by atoms with E-state index in [-0.39, 0.29) is 5.41 Å². The van der Waals surface area contributed by atoms with Crippen LogP contribution in [0.3, 0.4) is 0 Å². The van der Waals surface area contributed by atoms with Crippen LogP contribution in [-0.2, 0) is 13.1 Å². The third-order valence-corrected chi connectivity index (χ3v) is 4.20. The minimum absolute atomic E-state index is 0.289. The first kappa shape index (κ1) is 14.6. The Balaban J connectivity index is 1.84. The van der Waals surface area contributed by atoms with E-state index in [0.717, 1.165) is 24.9 Å². The van der Waals surface area contributed by atoms with Gasteiger partial charge < -0.3 is 9.73 Å². The van der Waals surface area contributed by atoms with Crippen molar-refractivity contribution < 1.29 is 4.42 Å². The molecule has 1 saturated carbocycles. The Bertz CT molecular complexity index is 401. The van der Waals surface area contributed by atoms with Gasteiger partial charge in [0.15, 0.2) is 0 Å². The summed E-state index contributed by atoms with van der Waals surface area (Å²) in [6.07, 6.45) is 4.55. The zero-order valence-electron chi connectivity index (χ0n) is 13.0. The maximum absolute atomic E-state index is 5.67. The van der Waals surface area contributed by atoms with Crippen LogP contribution in [0.2, 0.25) is 0 Å². The van der Waals surface area contributed by atoms with Gasteiger partial charge in [0.1, 0.15) is 5.76 Å². The third-order valence-electron chi connectivity index (χ3n) is 4.20. The third kappa shape index (κ3) is 4.36. The SMILES string of the molecule is CC(N(C)Cc1cc(CNC2CC2)co1)C(C)(C)C. The lowest BCUT2D eigenvalue weighted by Crippen LogP contribution is -2.38. The minimum Gasteiger partial charge on any atom is -0.468 e. The highest BCUT2D eigenvalue weighted by Gasteiger charge is 2.24. The van der Waals surface area contributed by atoms with E-state index in [1.54, 1.807) is 0 Å². The largest absolute Gasteiger partial charge is 0.468 e. The van der Waals surface area contributed by atoms with Crippen LogP contribution in [-0.4, -0.2) is 24.0 Å². The number of nitrogens with zero attached hydrogens (tertiary/aromatic N) is 1. The van der Waals surface area contributed by atoms with Crippen LogP contribution in [0.1, 0.15) is 51.9 Å². The van der Waals surface area contributed by atoms with Crippen LogP contribution in [0.15, 0.2) is 16.7 Å². The van der Waals surface area contributed by atoms with Gasteiger partial charge in [-0.3, -0.25) is 4.90 Å². The number of nitrogens with one attached hydrogen (secondary N) is 1. The van der Waals surface area contributed by atoms with Crippen molar-refractivity contribution in [1.29, 1.82) is 0 Å². The van der Waals surface area contributed by atoms with Gasteiger partial charge in [-0.1, -0.05) is 20.8 Å². The van der Waals surface area contributed by atoms with Crippen molar-refractivity contribution in [3.05, 3.63) is 23.7 Å². The van der Waals surface area contributed by atoms with Crippen LogP contribution in [0, 0.1) is 5.41 Å². The molecule has 1 atom stereocenters. The molecule has 1 aliphatic rings.